The Bertz CT molecular complexity index is 692. The van der Waals surface area contributed by atoms with Crippen LogP contribution < -0.4 is 10.1 Å². The van der Waals surface area contributed by atoms with Crippen molar-refractivity contribution in [3.8, 4) is 5.75 Å². The van der Waals surface area contributed by atoms with Crippen molar-refractivity contribution in [2.24, 2.45) is 0 Å². The number of aromatic nitrogens is 2. The number of rotatable bonds is 7. The van der Waals surface area contributed by atoms with Crippen molar-refractivity contribution in [1.29, 1.82) is 0 Å². The summed E-state index contributed by atoms with van der Waals surface area (Å²) in [6.45, 7) is 8.25. The molecule has 1 aromatic carbocycles. The Morgan fingerprint density at radius 1 is 1.12 bits per heavy atom. The topological polar surface area (TPSA) is 42.3 Å². The summed E-state index contributed by atoms with van der Waals surface area (Å²) >= 11 is 0. The van der Waals surface area contributed by atoms with E-state index >= 15 is 0 Å². The molecular formula is C20H28N4O. The van der Waals surface area contributed by atoms with Gasteiger partial charge in [0.1, 0.15) is 11.4 Å². The highest BCUT2D eigenvalue weighted by Gasteiger charge is 2.42. The first-order chi connectivity index (χ1) is 12.2. The maximum absolute atomic E-state index is 6.40. The number of ether oxygens (including phenoxy) is 1. The van der Waals surface area contributed by atoms with Crippen LogP contribution in [-0.4, -0.2) is 39.9 Å². The van der Waals surface area contributed by atoms with Gasteiger partial charge in [0.2, 0.25) is 0 Å². The average molecular weight is 340 g/mol. The smallest absolute Gasteiger partial charge is 0.123 e. The van der Waals surface area contributed by atoms with Crippen LogP contribution in [0.4, 0.5) is 0 Å². The fraction of sp³-hybridized carbons (Fsp3) is 0.550. The lowest BCUT2D eigenvalue weighted by atomic mass is 9.94. The van der Waals surface area contributed by atoms with Gasteiger partial charge in [0.25, 0.3) is 0 Å². The SMILES string of the molecule is CCn1cc(CNCc2ccc(OC34CCCN(CC3)C4)cc2)cn1. The zero-order chi connectivity index (χ0) is 17.1. The predicted octanol–water partition coefficient (Wildman–Crippen LogP) is 2.81. The van der Waals surface area contributed by atoms with Crippen molar-refractivity contribution in [1.82, 2.24) is 20.0 Å². The van der Waals surface area contributed by atoms with Gasteiger partial charge in [-0.2, -0.15) is 5.10 Å². The van der Waals surface area contributed by atoms with Gasteiger partial charge in [-0.3, -0.25) is 9.58 Å². The second kappa shape index (κ2) is 7.18. The zero-order valence-corrected chi connectivity index (χ0v) is 15.1. The van der Waals surface area contributed by atoms with E-state index in [-0.39, 0.29) is 5.60 Å². The van der Waals surface area contributed by atoms with Gasteiger partial charge in [-0.1, -0.05) is 12.1 Å². The zero-order valence-electron chi connectivity index (χ0n) is 15.1. The molecule has 5 heteroatoms. The normalized spacial score (nSPS) is 25.2. The van der Waals surface area contributed by atoms with E-state index in [4.69, 9.17) is 4.74 Å². The highest BCUT2D eigenvalue weighted by molar-refractivity contribution is 5.28. The molecule has 3 heterocycles. The minimum absolute atomic E-state index is 0.0669. The number of benzene rings is 1. The van der Waals surface area contributed by atoms with E-state index in [1.54, 1.807) is 0 Å². The van der Waals surface area contributed by atoms with Crippen LogP contribution in [0, 0.1) is 0 Å². The highest BCUT2D eigenvalue weighted by Crippen LogP contribution is 2.35. The lowest BCUT2D eigenvalue weighted by Crippen LogP contribution is -2.43. The summed E-state index contributed by atoms with van der Waals surface area (Å²) in [4.78, 5) is 2.53. The second-order valence-corrected chi connectivity index (χ2v) is 7.37. The molecule has 134 valence electrons. The van der Waals surface area contributed by atoms with Gasteiger partial charge in [0.15, 0.2) is 0 Å². The van der Waals surface area contributed by atoms with Crippen molar-refractivity contribution in [2.75, 3.05) is 19.6 Å². The molecule has 2 aromatic rings. The van der Waals surface area contributed by atoms with Crippen LogP contribution in [0.3, 0.4) is 0 Å². The van der Waals surface area contributed by atoms with Gasteiger partial charge >= 0.3 is 0 Å². The summed E-state index contributed by atoms with van der Waals surface area (Å²) < 4.78 is 8.36. The number of piperidine rings is 1. The summed E-state index contributed by atoms with van der Waals surface area (Å²) in [5.74, 6) is 1.01. The second-order valence-electron chi connectivity index (χ2n) is 7.37. The number of aryl methyl sites for hydroxylation is 1. The molecule has 0 aliphatic carbocycles. The highest BCUT2D eigenvalue weighted by atomic mass is 16.5. The van der Waals surface area contributed by atoms with Crippen LogP contribution in [0.1, 0.15) is 37.3 Å². The molecule has 2 saturated heterocycles. The fourth-order valence-corrected chi connectivity index (χ4v) is 4.03. The van der Waals surface area contributed by atoms with Gasteiger partial charge < -0.3 is 10.1 Å². The number of hydrogen-bond acceptors (Lipinski definition) is 4. The Morgan fingerprint density at radius 2 is 1.96 bits per heavy atom. The predicted molar refractivity (Wildman–Crippen MR) is 98.5 cm³/mol. The summed E-state index contributed by atoms with van der Waals surface area (Å²) in [7, 11) is 0. The molecule has 25 heavy (non-hydrogen) atoms. The summed E-state index contributed by atoms with van der Waals surface area (Å²) in [6.07, 6.45) is 7.65. The van der Waals surface area contributed by atoms with Gasteiger partial charge in [-0.05, 0) is 44.0 Å². The lowest BCUT2D eigenvalue weighted by Gasteiger charge is -2.34. The van der Waals surface area contributed by atoms with Crippen molar-refractivity contribution < 1.29 is 4.74 Å². The molecule has 2 aliphatic rings. The Labute approximate surface area is 150 Å². The molecular weight excluding hydrogens is 312 g/mol. The third-order valence-electron chi connectivity index (χ3n) is 5.43. The van der Waals surface area contributed by atoms with Gasteiger partial charge in [0, 0.05) is 50.9 Å². The molecule has 0 amide bonds. The van der Waals surface area contributed by atoms with Crippen LogP contribution in [0.2, 0.25) is 0 Å². The molecule has 0 spiro atoms. The Balaban J connectivity index is 1.28. The van der Waals surface area contributed by atoms with E-state index in [1.807, 2.05) is 10.9 Å². The van der Waals surface area contributed by atoms with Crippen LogP contribution >= 0.6 is 0 Å². The number of nitrogens with zero attached hydrogens (tertiary/aromatic N) is 3. The minimum Gasteiger partial charge on any atom is -0.486 e. The first kappa shape index (κ1) is 16.6. The molecule has 1 N–H and O–H groups in total. The van der Waals surface area contributed by atoms with E-state index < -0.39 is 0 Å². The molecule has 2 aliphatic heterocycles. The van der Waals surface area contributed by atoms with Crippen molar-refractivity contribution in [3.63, 3.8) is 0 Å². The Kier molecular flexibility index (Phi) is 4.77. The summed E-state index contributed by atoms with van der Waals surface area (Å²) in [5, 5.41) is 7.78. The first-order valence-corrected chi connectivity index (χ1v) is 9.47. The summed E-state index contributed by atoms with van der Waals surface area (Å²) in [6, 6.07) is 8.59. The standard InChI is InChI=1S/C20H28N4O/c1-2-24-15-18(14-22-24)13-21-12-17-4-6-19(7-5-17)25-20-8-3-10-23(16-20)11-9-20/h4-7,14-15,21H,2-3,8-13,16H2,1H3. The molecule has 4 rings (SSSR count). The lowest BCUT2D eigenvalue weighted by molar-refractivity contribution is 0.0453. The van der Waals surface area contributed by atoms with Crippen molar-refractivity contribution in [2.45, 2.75) is 51.4 Å². The molecule has 2 fully saturated rings. The Morgan fingerprint density at radius 3 is 2.76 bits per heavy atom. The van der Waals surface area contributed by atoms with Crippen LogP contribution in [0.25, 0.3) is 0 Å². The summed E-state index contributed by atoms with van der Waals surface area (Å²) in [5.41, 5.74) is 2.57. The molecule has 2 unspecified atom stereocenters. The third-order valence-corrected chi connectivity index (χ3v) is 5.43. The molecule has 0 saturated carbocycles. The maximum atomic E-state index is 6.40. The third kappa shape index (κ3) is 3.88. The van der Waals surface area contributed by atoms with Gasteiger partial charge in [-0.15, -0.1) is 0 Å². The van der Waals surface area contributed by atoms with Crippen molar-refractivity contribution >= 4 is 0 Å². The quantitative estimate of drug-likeness (QED) is 0.842. The monoisotopic (exact) mass is 340 g/mol. The average Bonchev–Trinajstić information content (AvgIpc) is 3.21. The van der Waals surface area contributed by atoms with E-state index in [0.29, 0.717) is 0 Å². The Hall–Kier alpha value is -1.85. The molecule has 1 aromatic heterocycles. The van der Waals surface area contributed by atoms with E-state index in [1.165, 1.54) is 43.5 Å². The van der Waals surface area contributed by atoms with E-state index in [0.717, 1.165) is 31.9 Å². The van der Waals surface area contributed by atoms with Crippen LogP contribution in [-0.2, 0) is 19.6 Å². The number of nitrogens with one attached hydrogen (secondary N) is 1. The largest absolute Gasteiger partial charge is 0.486 e. The van der Waals surface area contributed by atoms with Crippen LogP contribution in [0.5, 0.6) is 5.75 Å². The maximum Gasteiger partial charge on any atom is 0.123 e. The first-order valence-electron chi connectivity index (χ1n) is 9.47. The van der Waals surface area contributed by atoms with Gasteiger partial charge in [-0.25, -0.2) is 0 Å². The molecule has 0 radical (unpaired) electrons. The molecule has 2 bridgehead atoms. The minimum atomic E-state index is 0.0669. The van der Waals surface area contributed by atoms with E-state index in [9.17, 15) is 0 Å². The number of hydrogen-bond donors (Lipinski definition) is 1. The van der Waals surface area contributed by atoms with E-state index in [2.05, 4.69) is 52.7 Å². The molecule has 5 nitrogen and oxygen atoms in total. The van der Waals surface area contributed by atoms with Gasteiger partial charge in [0.05, 0.1) is 6.20 Å². The number of fused-ring (bicyclic) bond motifs is 2. The molecule has 2 atom stereocenters. The fourth-order valence-electron chi connectivity index (χ4n) is 4.03. The van der Waals surface area contributed by atoms with Crippen LogP contribution in [0.15, 0.2) is 36.7 Å². The van der Waals surface area contributed by atoms with Crippen molar-refractivity contribution in [3.05, 3.63) is 47.8 Å².